The van der Waals surface area contributed by atoms with Gasteiger partial charge in [-0.05, 0) is 31.7 Å². The van der Waals surface area contributed by atoms with Crippen LogP contribution in [0.2, 0.25) is 0 Å². The third-order valence-electron chi connectivity index (χ3n) is 2.90. The first-order valence-corrected chi connectivity index (χ1v) is 5.62. The molecule has 0 amide bonds. The average molecular weight is 231 g/mol. The second-order valence-electron chi connectivity index (χ2n) is 3.93. The molecule has 0 bridgehead atoms. The van der Waals surface area contributed by atoms with Crippen molar-refractivity contribution in [2.24, 2.45) is 0 Å². The average Bonchev–Trinajstić information content (AvgIpc) is 2.78. The van der Waals surface area contributed by atoms with E-state index in [9.17, 15) is 0 Å². The first kappa shape index (κ1) is 11.7. The third-order valence-corrected chi connectivity index (χ3v) is 2.90. The molecular formula is C14H17NO2. The van der Waals surface area contributed by atoms with Crippen LogP contribution in [-0.2, 0) is 0 Å². The summed E-state index contributed by atoms with van der Waals surface area (Å²) in [6, 6.07) is 9.95. The number of hydrogen-bond acceptors (Lipinski definition) is 3. The van der Waals surface area contributed by atoms with Gasteiger partial charge in [0, 0.05) is 5.56 Å². The number of nitrogens with one attached hydrogen (secondary N) is 1. The van der Waals surface area contributed by atoms with Gasteiger partial charge < -0.3 is 14.5 Å². The molecule has 2 aromatic rings. The standard InChI is InChI=1S/C14H17NO2/c1-10-8-9-17-14(10)13(15-2)11-6-4-5-7-12(11)16-3/h4-9,13,15H,1-3H3. The summed E-state index contributed by atoms with van der Waals surface area (Å²) in [6.45, 7) is 2.04. The minimum Gasteiger partial charge on any atom is -0.496 e. The highest BCUT2D eigenvalue weighted by molar-refractivity contribution is 5.40. The smallest absolute Gasteiger partial charge is 0.128 e. The maximum absolute atomic E-state index is 5.55. The molecule has 1 aromatic heterocycles. The van der Waals surface area contributed by atoms with Gasteiger partial charge in [-0.15, -0.1) is 0 Å². The lowest BCUT2D eigenvalue weighted by molar-refractivity contribution is 0.396. The van der Waals surface area contributed by atoms with Crippen molar-refractivity contribution >= 4 is 0 Å². The molecule has 1 aromatic carbocycles. The van der Waals surface area contributed by atoms with Crippen LogP contribution in [0.5, 0.6) is 5.75 Å². The van der Waals surface area contributed by atoms with Crippen molar-refractivity contribution in [3.63, 3.8) is 0 Å². The van der Waals surface area contributed by atoms with Crippen molar-refractivity contribution in [1.29, 1.82) is 0 Å². The van der Waals surface area contributed by atoms with Gasteiger partial charge in [-0.1, -0.05) is 18.2 Å². The van der Waals surface area contributed by atoms with Gasteiger partial charge in [0.2, 0.25) is 0 Å². The van der Waals surface area contributed by atoms with E-state index in [0.29, 0.717) is 0 Å². The maximum Gasteiger partial charge on any atom is 0.128 e. The molecule has 0 saturated heterocycles. The Labute approximate surface area is 101 Å². The molecule has 0 aliphatic carbocycles. The van der Waals surface area contributed by atoms with E-state index in [4.69, 9.17) is 9.15 Å². The van der Waals surface area contributed by atoms with Crippen molar-refractivity contribution in [2.45, 2.75) is 13.0 Å². The van der Waals surface area contributed by atoms with Crippen LogP contribution >= 0.6 is 0 Å². The number of aryl methyl sites for hydroxylation is 1. The number of benzene rings is 1. The normalized spacial score (nSPS) is 12.4. The number of ether oxygens (including phenoxy) is 1. The molecule has 0 aliphatic rings. The van der Waals surface area contributed by atoms with Crippen molar-refractivity contribution in [3.8, 4) is 5.75 Å². The Kier molecular flexibility index (Phi) is 3.49. The second-order valence-corrected chi connectivity index (χ2v) is 3.93. The minimum absolute atomic E-state index is 0.0150. The summed E-state index contributed by atoms with van der Waals surface area (Å²) in [5.74, 6) is 1.79. The van der Waals surface area contributed by atoms with Gasteiger partial charge in [-0.2, -0.15) is 0 Å². The molecule has 0 radical (unpaired) electrons. The second kappa shape index (κ2) is 5.06. The lowest BCUT2D eigenvalue weighted by Gasteiger charge is -2.18. The lowest BCUT2D eigenvalue weighted by Crippen LogP contribution is -2.18. The van der Waals surface area contributed by atoms with Crippen molar-refractivity contribution in [1.82, 2.24) is 5.32 Å². The molecule has 2 rings (SSSR count). The minimum atomic E-state index is 0.0150. The van der Waals surface area contributed by atoms with Gasteiger partial charge in [0.25, 0.3) is 0 Å². The first-order chi connectivity index (χ1) is 8.27. The summed E-state index contributed by atoms with van der Waals surface area (Å²) >= 11 is 0. The van der Waals surface area contributed by atoms with Crippen LogP contribution < -0.4 is 10.1 Å². The van der Waals surface area contributed by atoms with Crippen LogP contribution in [-0.4, -0.2) is 14.2 Å². The molecular weight excluding hydrogens is 214 g/mol. The Morgan fingerprint density at radius 2 is 2.00 bits per heavy atom. The number of para-hydroxylation sites is 1. The van der Waals surface area contributed by atoms with Crippen molar-refractivity contribution in [2.75, 3.05) is 14.2 Å². The quantitative estimate of drug-likeness (QED) is 0.878. The van der Waals surface area contributed by atoms with Gasteiger partial charge >= 0.3 is 0 Å². The van der Waals surface area contributed by atoms with E-state index in [1.54, 1.807) is 13.4 Å². The predicted molar refractivity (Wildman–Crippen MR) is 67.3 cm³/mol. The van der Waals surface area contributed by atoms with Gasteiger partial charge in [0.1, 0.15) is 11.5 Å². The molecule has 1 unspecified atom stereocenters. The summed E-state index contributed by atoms with van der Waals surface area (Å²) in [4.78, 5) is 0. The third kappa shape index (κ3) is 2.19. The Balaban J connectivity index is 2.46. The van der Waals surface area contributed by atoms with Gasteiger partial charge in [0.15, 0.2) is 0 Å². The van der Waals surface area contributed by atoms with E-state index in [0.717, 1.165) is 22.6 Å². The molecule has 0 saturated carbocycles. The van der Waals surface area contributed by atoms with Crippen LogP contribution in [0.3, 0.4) is 0 Å². The largest absolute Gasteiger partial charge is 0.496 e. The van der Waals surface area contributed by atoms with E-state index >= 15 is 0 Å². The van der Waals surface area contributed by atoms with Gasteiger partial charge in [-0.25, -0.2) is 0 Å². The molecule has 1 atom stereocenters. The van der Waals surface area contributed by atoms with Gasteiger partial charge in [0.05, 0.1) is 19.4 Å². The number of furan rings is 1. The van der Waals surface area contributed by atoms with Crippen LogP contribution in [0.1, 0.15) is 22.9 Å². The first-order valence-electron chi connectivity index (χ1n) is 5.62. The molecule has 3 heteroatoms. The Hall–Kier alpha value is -1.74. The highest BCUT2D eigenvalue weighted by atomic mass is 16.5. The highest BCUT2D eigenvalue weighted by Crippen LogP contribution is 2.31. The molecule has 0 spiro atoms. The fourth-order valence-electron chi connectivity index (χ4n) is 2.01. The Morgan fingerprint density at radius 3 is 2.59 bits per heavy atom. The Bertz CT molecular complexity index is 490. The zero-order chi connectivity index (χ0) is 12.3. The van der Waals surface area contributed by atoms with Crippen LogP contribution in [0.15, 0.2) is 41.0 Å². The van der Waals surface area contributed by atoms with E-state index in [-0.39, 0.29) is 6.04 Å². The summed E-state index contributed by atoms with van der Waals surface area (Å²) in [6.07, 6.45) is 1.71. The maximum atomic E-state index is 5.55. The van der Waals surface area contributed by atoms with E-state index in [2.05, 4.69) is 5.32 Å². The lowest BCUT2D eigenvalue weighted by atomic mass is 10.0. The number of methoxy groups -OCH3 is 1. The van der Waals surface area contributed by atoms with E-state index in [1.165, 1.54) is 0 Å². The monoisotopic (exact) mass is 231 g/mol. The molecule has 0 aliphatic heterocycles. The Morgan fingerprint density at radius 1 is 1.24 bits per heavy atom. The fraction of sp³-hybridized carbons (Fsp3) is 0.286. The van der Waals surface area contributed by atoms with Crippen LogP contribution in [0.25, 0.3) is 0 Å². The topological polar surface area (TPSA) is 34.4 Å². The number of rotatable bonds is 4. The molecule has 90 valence electrons. The van der Waals surface area contributed by atoms with E-state index in [1.807, 2.05) is 44.3 Å². The van der Waals surface area contributed by atoms with Crippen LogP contribution in [0.4, 0.5) is 0 Å². The highest BCUT2D eigenvalue weighted by Gasteiger charge is 2.20. The van der Waals surface area contributed by atoms with Crippen molar-refractivity contribution < 1.29 is 9.15 Å². The molecule has 1 heterocycles. The summed E-state index contributed by atoms with van der Waals surface area (Å²) in [5.41, 5.74) is 2.21. The molecule has 1 N–H and O–H groups in total. The van der Waals surface area contributed by atoms with E-state index < -0.39 is 0 Å². The predicted octanol–water partition coefficient (Wildman–Crippen LogP) is 2.91. The number of hydrogen-bond donors (Lipinski definition) is 1. The zero-order valence-electron chi connectivity index (χ0n) is 10.4. The molecule has 0 fully saturated rings. The summed E-state index contributed by atoms with van der Waals surface area (Å²) < 4.78 is 10.9. The molecule has 3 nitrogen and oxygen atoms in total. The SMILES string of the molecule is CNC(c1ccccc1OC)c1occc1C. The van der Waals surface area contributed by atoms with Crippen LogP contribution in [0, 0.1) is 6.92 Å². The summed E-state index contributed by atoms with van der Waals surface area (Å²) in [5, 5.41) is 3.26. The summed E-state index contributed by atoms with van der Waals surface area (Å²) in [7, 11) is 3.60. The fourth-order valence-corrected chi connectivity index (χ4v) is 2.01. The van der Waals surface area contributed by atoms with Crippen molar-refractivity contribution in [3.05, 3.63) is 53.5 Å². The van der Waals surface area contributed by atoms with Gasteiger partial charge in [-0.3, -0.25) is 0 Å². The zero-order valence-corrected chi connectivity index (χ0v) is 10.4. The molecule has 17 heavy (non-hydrogen) atoms.